The van der Waals surface area contributed by atoms with Crippen LogP contribution < -0.4 is 20.3 Å². The number of nitrogens with one attached hydrogen (secondary N) is 3. The monoisotopic (exact) mass is 488 g/mol. The first-order chi connectivity index (χ1) is 16.0. The number of ether oxygens (including phenoxy) is 1. The van der Waals surface area contributed by atoms with Crippen molar-refractivity contribution < 1.29 is 32.3 Å². The Bertz CT molecular complexity index is 1230. The van der Waals surface area contributed by atoms with Crippen LogP contribution in [0, 0.1) is 0 Å². The highest BCUT2D eigenvalue weighted by molar-refractivity contribution is 7.89. The molecule has 3 rings (SSSR count). The van der Waals surface area contributed by atoms with Crippen molar-refractivity contribution in [2.75, 3.05) is 22.1 Å². The zero-order valence-corrected chi connectivity index (χ0v) is 19.5. The Hall–Kier alpha value is -3.77. The normalized spacial score (nSPS) is 14.9. The van der Waals surface area contributed by atoms with Crippen molar-refractivity contribution in [2.24, 2.45) is 0 Å². The standard InChI is InChI=1S/C22H24N4O7S/c1-13(25-34(31,32)17-10-8-16(9-11-17)23-15(3)27)22(30)33-14(2)21(29)26-12-20(28)24-18-6-4-5-7-19(18)26/h4-11,13-14,25H,12H2,1-3H3,(H,23,27)(H,24,28)/t13-,14?/m0/s1. The van der Waals surface area contributed by atoms with E-state index in [-0.39, 0.29) is 17.3 Å². The summed E-state index contributed by atoms with van der Waals surface area (Å²) in [5.41, 5.74) is 1.34. The van der Waals surface area contributed by atoms with Crippen LogP contribution >= 0.6 is 0 Å². The number of amides is 3. The van der Waals surface area contributed by atoms with Gasteiger partial charge >= 0.3 is 5.97 Å². The molecular formula is C22H24N4O7S. The van der Waals surface area contributed by atoms with Crippen molar-refractivity contribution in [1.82, 2.24) is 4.72 Å². The minimum Gasteiger partial charge on any atom is -0.451 e. The van der Waals surface area contributed by atoms with Crippen LogP contribution in [-0.4, -0.2) is 50.8 Å². The highest BCUT2D eigenvalue weighted by Gasteiger charge is 2.33. The lowest BCUT2D eigenvalue weighted by atomic mass is 10.1. The van der Waals surface area contributed by atoms with Crippen LogP contribution in [0.5, 0.6) is 0 Å². The second-order valence-electron chi connectivity index (χ2n) is 7.62. The third kappa shape index (κ3) is 5.77. The van der Waals surface area contributed by atoms with Gasteiger partial charge in [0.15, 0.2) is 6.10 Å². The quantitative estimate of drug-likeness (QED) is 0.496. The van der Waals surface area contributed by atoms with E-state index in [1.54, 1.807) is 24.3 Å². The van der Waals surface area contributed by atoms with E-state index in [0.717, 1.165) is 0 Å². The topological polar surface area (TPSA) is 151 Å². The molecule has 0 bridgehead atoms. The van der Waals surface area contributed by atoms with Gasteiger partial charge in [0.1, 0.15) is 12.6 Å². The van der Waals surface area contributed by atoms with Crippen LogP contribution in [0.2, 0.25) is 0 Å². The van der Waals surface area contributed by atoms with Crippen LogP contribution in [-0.2, 0) is 33.9 Å². The van der Waals surface area contributed by atoms with Gasteiger partial charge in [0.05, 0.1) is 16.3 Å². The SMILES string of the molecule is CC(=O)Nc1ccc(S(=O)(=O)N[C@@H](C)C(=O)OC(C)C(=O)N2CC(=O)Nc3ccccc32)cc1. The number of sulfonamides is 1. The third-order valence-corrected chi connectivity index (χ3v) is 6.40. The lowest BCUT2D eigenvalue weighted by Crippen LogP contribution is -2.48. The Labute approximate surface area is 196 Å². The van der Waals surface area contributed by atoms with Crippen molar-refractivity contribution in [3.05, 3.63) is 48.5 Å². The van der Waals surface area contributed by atoms with Gasteiger partial charge in [-0.25, -0.2) is 8.42 Å². The molecule has 0 fully saturated rings. The molecule has 34 heavy (non-hydrogen) atoms. The third-order valence-electron chi connectivity index (χ3n) is 4.85. The van der Waals surface area contributed by atoms with Crippen LogP contribution in [0.1, 0.15) is 20.8 Å². The van der Waals surface area contributed by atoms with Gasteiger partial charge in [0, 0.05) is 12.6 Å². The number of esters is 1. The first-order valence-corrected chi connectivity index (χ1v) is 11.8. The van der Waals surface area contributed by atoms with Crippen LogP contribution in [0.25, 0.3) is 0 Å². The van der Waals surface area contributed by atoms with Crippen molar-refractivity contribution >= 4 is 50.8 Å². The van der Waals surface area contributed by atoms with Crippen LogP contribution in [0.15, 0.2) is 53.4 Å². The van der Waals surface area contributed by atoms with E-state index in [4.69, 9.17) is 4.74 Å². The number of rotatable bonds is 7. The molecule has 0 aromatic heterocycles. The Morgan fingerprint density at radius 1 is 1.06 bits per heavy atom. The molecule has 3 amide bonds. The molecule has 1 heterocycles. The minimum absolute atomic E-state index is 0.124. The van der Waals surface area contributed by atoms with E-state index < -0.39 is 40.0 Å². The van der Waals surface area contributed by atoms with Crippen molar-refractivity contribution in [2.45, 2.75) is 37.8 Å². The Morgan fingerprint density at radius 3 is 2.35 bits per heavy atom. The van der Waals surface area contributed by atoms with Crippen molar-refractivity contribution in [3.63, 3.8) is 0 Å². The molecule has 0 saturated carbocycles. The van der Waals surface area contributed by atoms with Gasteiger partial charge in [-0.2, -0.15) is 4.72 Å². The molecular weight excluding hydrogens is 464 g/mol. The summed E-state index contributed by atoms with van der Waals surface area (Å²) in [4.78, 5) is 49.5. The first kappa shape index (κ1) is 24.9. The van der Waals surface area contributed by atoms with Gasteiger partial charge in [0.2, 0.25) is 21.8 Å². The largest absolute Gasteiger partial charge is 0.451 e. The zero-order valence-electron chi connectivity index (χ0n) is 18.7. The fraction of sp³-hybridized carbons (Fsp3) is 0.273. The number of para-hydroxylation sites is 2. The molecule has 2 atom stereocenters. The fourth-order valence-electron chi connectivity index (χ4n) is 3.25. The molecule has 0 radical (unpaired) electrons. The predicted octanol–water partition coefficient (Wildman–Crippen LogP) is 1.23. The molecule has 1 unspecified atom stereocenters. The number of fused-ring (bicyclic) bond motifs is 1. The molecule has 2 aromatic rings. The van der Waals surface area contributed by atoms with Crippen LogP contribution in [0.3, 0.4) is 0 Å². The van der Waals surface area contributed by atoms with Crippen molar-refractivity contribution in [1.29, 1.82) is 0 Å². The highest BCUT2D eigenvalue weighted by atomic mass is 32.2. The van der Waals surface area contributed by atoms with Gasteiger partial charge < -0.3 is 15.4 Å². The van der Waals surface area contributed by atoms with Gasteiger partial charge in [-0.05, 0) is 50.2 Å². The van der Waals surface area contributed by atoms with Gasteiger partial charge in [0.25, 0.3) is 5.91 Å². The fourth-order valence-corrected chi connectivity index (χ4v) is 4.44. The molecule has 2 aromatic carbocycles. The maximum Gasteiger partial charge on any atom is 0.324 e. The lowest BCUT2D eigenvalue weighted by Gasteiger charge is -2.31. The highest BCUT2D eigenvalue weighted by Crippen LogP contribution is 2.29. The summed E-state index contributed by atoms with van der Waals surface area (Å²) in [5, 5.41) is 5.18. The molecule has 3 N–H and O–H groups in total. The number of anilines is 3. The molecule has 180 valence electrons. The maximum absolute atomic E-state index is 12.9. The van der Waals surface area contributed by atoms with E-state index in [1.807, 2.05) is 0 Å². The van der Waals surface area contributed by atoms with E-state index in [9.17, 15) is 27.6 Å². The van der Waals surface area contributed by atoms with Gasteiger partial charge in [-0.15, -0.1) is 0 Å². The molecule has 12 heteroatoms. The Kier molecular flexibility index (Phi) is 7.32. The minimum atomic E-state index is -4.09. The van der Waals surface area contributed by atoms with Gasteiger partial charge in [-0.3, -0.25) is 24.1 Å². The molecule has 1 aliphatic rings. The van der Waals surface area contributed by atoms with Crippen molar-refractivity contribution in [3.8, 4) is 0 Å². The average molecular weight is 489 g/mol. The molecule has 0 aliphatic carbocycles. The molecule has 0 saturated heterocycles. The number of carbonyl (C=O) groups excluding carboxylic acids is 4. The average Bonchev–Trinajstić information content (AvgIpc) is 2.77. The molecule has 0 spiro atoms. The maximum atomic E-state index is 12.9. The molecule has 1 aliphatic heterocycles. The summed E-state index contributed by atoms with van der Waals surface area (Å²) in [6.45, 7) is 3.71. The number of benzene rings is 2. The second-order valence-corrected chi connectivity index (χ2v) is 9.33. The Balaban J connectivity index is 1.64. The summed E-state index contributed by atoms with van der Waals surface area (Å²) in [7, 11) is -4.09. The lowest BCUT2D eigenvalue weighted by molar-refractivity contribution is -0.155. The van der Waals surface area contributed by atoms with E-state index in [2.05, 4.69) is 15.4 Å². The van der Waals surface area contributed by atoms with E-state index >= 15 is 0 Å². The summed E-state index contributed by atoms with van der Waals surface area (Å²) in [6.07, 6.45) is -1.27. The molecule has 11 nitrogen and oxygen atoms in total. The summed E-state index contributed by atoms with van der Waals surface area (Å²) in [6, 6.07) is 10.8. The second kappa shape index (κ2) is 10.0. The summed E-state index contributed by atoms with van der Waals surface area (Å²) < 4.78 is 32.6. The number of nitrogens with zero attached hydrogens (tertiary/aromatic N) is 1. The van der Waals surface area contributed by atoms with E-state index in [0.29, 0.717) is 17.1 Å². The first-order valence-electron chi connectivity index (χ1n) is 10.3. The predicted molar refractivity (Wildman–Crippen MR) is 124 cm³/mol. The summed E-state index contributed by atoms with van der Waals surface area (Å²) in [5.74, 6) is -2.29. The zero-order chi connectivity index (χ0) is 25.0. The smallest absolute Gasteiger partial charge is 0.324 e. The summed E-state index contributed by atoms with van der Waals surface area (Å²) >= 11 is 0. The number of hydrogen-bond donors (Lipinski definition) is 3. The van der Waals surface area contributed by atoms with Crippen LogP contribution in [0.4, 0.5) is 17.1 Å². The Morgan fingerprint density at radius 2 is 1.71 bits per heavy atom. The number of carbonyl (C=O) groups is 4. The van der Waals surface area contributed by atoms with E-state index in [1.165, 1.54) is 49.9 Å². The van der Waals surface area contributed by atoms with Gasteiger partial charge in [-0.1, -0.05) is 12.1 Å². The number of hydrogen-bond acceptors (Lipinski definition) is 7.